The molecule has 0 saturated carbocycles. The largest absolute Gasteiger partial charge is 0.324 e. The number of nitrogens with zero attached hydrogens (tertiary/aromatic N) is 2. The zero-order chi connectivity index (χ0) is 11.7. The molecule has 0 radical (unpaired) electrons. The van der Waals surface area contributed by atoms with E-state index in [0.29, 0.717) is 0 Å². The lowest BCUT2D eigenvalue weighted by Gasteiger charge is -2.06. The van der Waals surface area contributed by atoms with E-state index in [1.807, 2.05) is 29.6 Å². The van der Waals surface area contributed by atoms with Gasteiger partial charge < -0.3 is 5.32 Å². The van der Waals surface area contributed by atoms with Crippen LogP contribution in [-0.4, -0.2) is 23.1 Å². The molecule has 0 saturated heterocycles. The molecule has 0 aliphatic carbocycles. The summed E-state index contributed by atoms with van der Waals surface area (Å²) in [4.78, 5) is 20.1. The topological polar surface area (TPSA) is 54.4 Å². The van der Waals surface area contributed by atoms with Crippen molar-refractivity contribution in [2.75, 3.05) is 11.9 Å². The molecule has 3 rings (SSSR count). The monoisotopic (exact) mass is 243 g/mol. The number of hydrogen-bond donors (Lipinski definition) is 1. The average molecular weight is 243 g/mol. The van der Waals surface area contributed by atoms with Crippen molar-refractivity contribution in [3.05, 3.63) is 46.4 Å². The van der Waals surface area contributed by atoms with Crippen molar-refractivity contribution in [1.82, 2.24) is 4.98 Å². The Hall–Kier alpha value is -2.01. The normalized spacial score (nSPS) is 14.6. The Bertz CT molecular complexity index is 590. The molecular weight excluding hydrogens is 234 g/mol. The highest BCUT2D eigenvalue weighted by atomic mass is 32.1. The van der Waals surface area contributed by atoms with Crippen LogP contribution in [0.1, 0.15) is 10.6 Å². The predicted octanol–water partition coefficient (Wildman–Crippen LogP) is 1.93. The Balaban J connectivity index is 2.18. The van der Waals surface area contributed by atoms with Crippen molar-refractivity contribution in [2.45, 2.75) is 0 Å². The van der Waals surface area contributed by atoms with Gasteiger partial charge in [-0.15, -0.1) is 11.3 Å². The number of anilines is 1. The van der Waals surface area contributed by atoms with Crippen LogP contribution in [0.5, 0.6) is 0 Å². The van der Waals surface area contributed by atoms with E-state index >= 15 is 0 Å². The van der Waals surface area contributed by atoms with Gasteiger partial charge in [-0.3, -0.25) is 9.79 Å². The Labute approximate surface area is 102 Å². The fourth-order valence-electron chi connectivity index (χ4n) is 1.75. The first-order valence-corrected chi connectivity index (χ1v) is 6.06. The summed E-state index contributed by atoms with van der Waals surface area (Å²) >= 11 is 1.52. The summed E-state index contributed by atoms with van der Waals surface area (Å²) < 4.78 is 0. The SMILES string of the molecule is O=C1CN=C(c2nccs2)c2ccccc2N1. The number of carbonyl (C=O) groups excluding carboxylic acids is 1. The molecule has 1 aromatic carbocycles. The quantitative estimate of drug-likeness (QED) is 0.832. The fraction of sp³-hybridized carbons (Fsp3) is 0.0833. The number of hydrogen-bond acceptors (Lipinski definition) is 4. The van der Waals surface area contributed by atoms with E-state index in [0.717, 1.165) is 22.0 Å². The molecule has 84 valence electrons. The van der Waals surface area contributed by atoms with Crippen molar-refractivity contribution in [2.24, 2.45) is 4.99 Å². The standard InChI is InChI=1S/C12H9N3OS/c16-10-7-14-11(12-13-5-6-17-12)8-3-1-2-4-9(8)15-10/h1-6H,7H2,(H,15,16). The first kappa shape index (κ1) is 10.2. The summed E-state index contributed by atoms with van der Waals surface area (Å²) in [6.45, 7) is 0.142. The highest BCUT2D eigenvalue weighted by molar-refractivity contribution is 7.11. The van der Waals surface area contributed by atoms with Crippen LogP contribution in [-0.2, 0) is 4.79 Å². The molecule has 1 aromatic heterocycles. The van der Waals surface area contributed by atoms with E-state index in [2.05, 4.69) is 15.3 Å². The number of rotatable bonds is 1. The number of nitrogens with one attached hydrogen (secondary N) is 1. The van der Waals surface area contributed by atoms with Crippen LogP contribution >= 0.6 is 11.3 Å². The van der Waals surface area contributed by atoms with Gasteiger partial charge in [-0.25, -0.2) is 4.98 Å². The van der Waals surface area contributed by atoms with Crippen LogP contribution in [0.4, 0.5) is 5.69 Å². The van der Waals surface area contributed by atoms with E-state index in [9.17, 15) is 4.79 Å². The van der Waals surface area contributed by atoms with Crippen LogP contribution in [0, 0.1) is 0 Å². The number of fused-ring (bicyclic) bond motifs is 1. The fourth-order valence-corrected chi connectivity index (χ4v) is 2.41. The summed E-state index contributed by atoms with van der Waals surface area (Å²) in [6.07, 6.45) is 1.74. The van der Waals surface area contributed by atoms with Gasteiger partial charge in [0.1, 0.15) is 17.3 Å². The molecule has 1 N–H and O–H groups in total. The molecule has 0 spiro atoms. The minimum atomic E-state index is -0.0935. The maximum Gasteiger partial charge on any atom is 0.246 e. The number of carbonyl (C=O) groups is 1. The number of thiazole rings is 1. The van der Waals surface area contributed by atoms with Crippen molar-refractivity contribution in [3.8, 4) is 0 Å². The van der Waals surface area contributed by atoms with Gasteiger partial charge in [0.15, 0.2) is 0 Å². The molecule has 1 aliphatic rings. The van der Waals surface area contributed by atoms with Gasteiger partial charge in [0.2, 0.25) is 5.91 Å². The third-order valence-electron chi connectivity index (χ3n) is 2.47. The molecule has 0 fully saturated rings. The molecule has 17 heavy (non-hydrogen) atoms. The third-order valence-corrected chi connectivity index (χ3v) is 3.25. The smallest absolute Gasteiger partial charge is 0.246 e. The number of benzene rings is 1. The van der Waals surface area contributed by atoms with Crippen LogP contribution in [0.2, 0.25) is 0 Å². The lowest BCUT2D eigenvalue weighted by atomic mass is 10.1. The molecule has 2 heterocycles. The van der Waals surface area contributed by atoms with E-state index in [-0.39, 0.29) is 12.5 Å². The Kier molecular flexibility index (Phi) is 2.45. The van der Waals surface area contributed by atoms with E-state index < -0.39 is 0 Å². The van der Waals surface area contributed by atoms with E-state index in [1.165, 1.54) is 11.3 Å². The summed E-state index contributed by atoms with van der Waals surface area (Å²) in [5, 5.41) is 5.58. The van der Waals surface area contributed by atoms with Gasteiger partial charge in [-0.05, 0) is 6.07 Å². The minimum absolute atomic E-state index is 0.0935. The Morgan fingerprint density at radius 1 is 1.29 bits per heavy atom. The molecule has 0 bridgehead atoms. The molecular formula is C12H9N3OS. The van der Waals surface area contributed by atoms with Gasteiger partial charge in [-0.1, -0.05) is 18.2 Å². The molecule has 5 heteroatoms. The molecule has 2 aromatic rings. The zero-order valence-corrected chi connectivity index (χ0v) is 9.70. The molecule has 0 atom stereocenters. The number of aliphatic imine (C=N–C) groups is 1. The Morgan fingerprint density at radius 3 is 3.00 bits per heavy atom. The van der Waals surface area contributed by atoms with Crippen molar-refractivity contribution in [3.63, 3.8) is 0 Å². The summed E-state index contributed by atoms with van der Waals surface area (Å²) in [5.41, 5.74) is 2.51. The van der Waals surface area contributed by atoms with Gasteiger partial charge in [0.05, 0.1) is 5.69 Å². The highest BCUT2D eigenvalue weighted by Gasteiger charge is 2.18. The van der Waals surface area contributed by atoms with Gasteiger partial charge in [-0.2, -0.15) is 0 Å². The van der Waals surface area contributed by atoms with Crippen LogP contribution in [0.3, 0.4) is 0 Å². The second kappa shape index (κ2) is 4.10. The maximum atomic E-state index is 11.5. The zero-order valence-electron chi connectivity index (χ0n) is 8.88. The van der Waals surface area contributed by atoms with Gasteiger partial charge in [0, 0.05) is 17.1 Å². The molecule has 1 amide bonds. The van der Waals surface area contributed by atoms with E-state index in [4.69, 9.17) is 0 Å². The van der Waals surface area contributed by atoms with Gasteiger partial charge >= 0.3 is 0 Å². The third kappa shape index (κ3) is 1.85. The molecule has 0 unspecified atom stereocenters. The van der Waals surface area contributed by atoms with Gasteiger partial charge in [0.25, 0.3) is 0 Å². The first-order chi connectivity index (χ1) is 8.34. The second-order valence-corrected chi connectivity index (χ2v) is 4.49. The number of aromatic nitrogens is 1. The molecule has 4 nitrogen and oxygen atoms in total. The summed E-state index contributed by atoms with van der Waals surface area (Å²) in [6, 6.07) is 7.65. The maximum absolute atomic E-state index is 11.5. The highest BCUT2D eigenvalue weighted by Crippen LogP contribution is 2.23. The lowest BCUT2D eigenvalue weighted by Crippen LogP contribution is -2.13. The molecule has 1 aliphatic heterocycles. The van der Waals surface area contributed by atoms with Crippen LogP contribution in [0.25, 0.3) is 0 Å². The Morgan fingerprint density at radius 2 is 2.18 bits per heavy atom. The number of para-hydroxylation sites is 1. The van der Waals surface area contributed by atoms with Crippen LogP contribution < -0.4 is 5.32 Å². The second-order valence-electron chi connectivity index (χ2n) is 3.60. The number of benzodiazepines with no additional fused rings is 1. The predicted molar refractivity (Wildman–Crippen MR) is 67.7 cm³/mol. The number of amides is 1. The first-order valence-electron chi connectivity index (χ1n) is 5.18. The van der Waals surface area contributed by atoms with Crippen molar-refractivity contribution in [1.29, 1.82) is 0 Å². The summed E-state index contributed by atoms with van der Waals surface area (Å²) in [5.74, 6) is -0.0935. The lowest BCUT2D eigenvalue weighted by molar-refractivity contribution is -0.114. The van der Waals surface area contributed by atoms with Crippen molar-refractivity contribution >= 4 is 28.6 Å². The summed E-state index contributed by atoms with van der Waals surface area (Å²) in [7, 11) is 0. The van der Waals surface area contributed by atoms with Crippen molar-refractivity contribution < 1.29 is 4.79 Å². The minimum Gasteiger partial charge on any atom is -0.324 e. The van der Waals surface area contributed by atoms with E-state index in [1.54, 1.807) is 6.20 Å². The van der Waals surface area contributed by atoms with Crippen LogP contribution in [0.15, 0.2) is 40.8 Å². The average Bonchev–Trinajstić information content (AvgIpc) is 2.80.